The van der Waals surface area contributed by atoms with Gasteiger partial charge in [-0.05, 0) is 18.2 Å². The number of rotatable bonds is 4. The maximum atomic E-state index is 12.2. The molecule has 1 aromatic heterocycles. The van der Waals surface area contributed by atoms with E-state index >= 15 is 0 Å². The molecular formula is C13H11N3O4S. The predicted octanol–water partition coefficient (Wildman–Crippen LogP) is 1.06. The molecule has 0 saturated carbocycles. The van der Waals surface area contributed by atoms with Crippen LogP contribution in [-0.2, 0) is 10.0 Å². The summed E-state index contributed by atoms with van der Waals surface area (Å²) in [7, 11) is -2.50. The molecule has 108 valence electrons. The maximum absolute atomic E-state index is 12.2. The van der Waals surface area contributed by atoms with Crippen LogP contribution in [0.25, 0.3) is 0 Å². The molecule has 0 saturated heterocycles. The fourth-order valence-electron chi connectivity index (χ4n) is 1.61. The standard InChI is InChI=1S/C13H11N3O4S/c1-20-12-6-9(7-14)2-4-11(12)16-21(18,19)10-3-5-13(17)15-8-10/h2-6,8,16H,1H3,(H,15,17). The van der Waals surface area contributed by atoms with Crippen LogP contribution in [0.5, 0.6) is 5.75 Å². The van der Waals surface area contributed by atoms with Crippen LogP contribution < -0.4 is 15.0 Å². The van der Waals surface area contributed by atoms with Gasteiger partial charge in [-0.2, -0.15) is 5.26 Å². The smallest absolute Gasteiger partial charge is 0.263 e. The lowest BCUT2D eigenvalue weighted by molar-refractivity contribution is 0.416. The quantitative estimate of drug-likeness (QED) is 0.877. The Balaban J connectivity index is 2.39. The highest BCUT2D eigenvalue weighted by Gasteiger charge is 2.16. The van der Waals surface area contributed by atoms with E-state index in [2.05, 4.69) is 9.71 Å². The van der Waals surface area contributed by atoms with Crippen molar-refractivity contribution in [1.82, 2.24) is 4.98 Å². The van der Waals surface area contributed by atoms with Crippen molar-refractivity contribution in [2.45, 2.75) is 4.90 Å². The number of nitrogens with one attached hydrogen (secondary N) is 2. The van der Waals surface area contributed by atoms with Gasteiger partial charge in [0, 0.05) is 18.3 Å². The van der Waals surface area contributed by atoms with E-state index in [9.17, 15) is 13.2 Å². The lowest BCUT2D eigenvalue weighted by Gasteiger charge is -2.11. The van der Waals surface area contributed by atoms with E-state index in [-0.39, 0.29) is 16.3 Å². The Hall–Kier alpha value is -2.79. The van der Waals surface area contributed by atoms with Crippen molar-refractivity contribution in [2.75, 3.05) is 11.8 Å². The predicted molar refractivity (Wildman–Crippen MR) is 75.6 cm³/mol. The molecule has 8 heteroatoms. The van der Waals surface area contributed by atoms with Crippen molar-refractivity contribution < 1.29 is 13.2 Å². The van der Waals surface area contributed by atoms with Gasteiger partial charge in [0.25, 0.3) is 10.0 Å². The summed E-state index contributed by atoms with van der Waals surface area (Å²) in [5.41, 5.74) is 0.145. The highest BCUT2D eigenvalue weighted by atomic mass is 32.2. The van der Waals surface area contributed by atoms with E-state index in [4.69, 9.17) is 10.00 Å². The largest absolute Gasteiger partial charge is 0.495 e. The number of sulfonamides is 1. The van der Waals surface area contributed by atoms with Crippen molar-refractivity contribution in [2.24, 2.45) is 0 Å². The fraction of sp³-hybridized carbons (Fsp3) is 0.0769. The lowest BCUT2D eigenvalue weighted by Crippen LogP contribution is -2.15. The minimum Gasteiger partial charge on any atom is -0.495 e. The number of H-pyrrole nitrogens is 1. The summed E-state index contributed by atoms with van der Waals surface area (Å²) in [5.74, 6) is 0.224. The first-order valence-corrected chi connectivity index (χ1v) is 7.24. The van der Waals surface area contributed by atoms with E-state index in [1.807, 2.05) is 6.07 Å². The minimum absolute atomic E-state index is 0.0893. The monoisotopic (exact) mass is 305 g/mol. The summed E-state index contributed by atoms with van der Waals surface area (Å²) in [6, 6.07) is 8.56. The first-order chi connectivity index (χ1) is 9.96. The SMILES string of the molecule is COc1cc(C#N)ccc1NS(=O)(=O)c1ccc(=O)[nH]c1. The van der Waals surface area contributed by atoms with Gasteiger partial charge in [0.2, 0.25) is 5.56 Å². The number of anilines is 1. The molecule has 0 spiro atoms. The molecule has 21 heavy (non-hydrogen) atoms. The number of pyridine rings is 1. The summed E-state index contributed by atoms with van der Waals surface area (Å²) in [4.78, 5) is 13.2. The van der Waals surface area contributed by atoms with Crippen molar-refractivity contribution in [3.05, 3.63) is 52.4 Å². The second-order valence-electron chi connectivity index (χ2n) is 4.02. The summed E-state index contributed by atoms with van der Waals surface area (Å²) < 4.78 is 31.8. The maximum Gasteiger partial charge on any atom is 0.263 e. The van der Waals surface area contributed by atoms with Gasteiger partial charge in [-0.3, -0.25) is 9.52 Å². The number of methoxy groups -OCH3 is 1. The van der Waals surface area contributed by atoms with Crippen molar-refractivity contribution >= 4 is 15.7 Å². The molecule has 1 heterocycles. The van der Waals surface area contributed by atoms with Crippen LogP contribution in [0.2, 0.25) is 0 Å². The third-order valence-corrected chi connectivity index (χ3v) is 4.00. The number of hydrogen-bond donors (Lipinski definition) is 2. The second-order valence-corrected chi connectivity index (χ2v) is 5.70. The Labute approximate surface area is 120 Å². The zero-order valence-corrected chi connectivity index (χ0v) is 11.8. The molecule has 0 atom stereocenters. The summed E-state index contributed by atoms with van der Waals surface area (Å²) >= 11 is 0. The van der Waals surface area contributed by atoms with Crippen LogP contribution in [0.4, 0.5) is 5.69 Å². The lowest BCUT2D eigenvalue weighted by atomic mass is 10.2. The Bertz CT molecular complexity index is 845. The molecule has 0 unspecified atom stereocenters. The summed E-state index contributed by atoms with van der Waals surface area (Å²) in [6.45, 7) is 0. The third-order valence-electron chi connectivity index (χ3n) is 2.64. The second kappa shape index (κ2) is 5.68. The Kier molecular flexibility index (Phi) is 3.95. The number of hydrogen-bond acceptors (Lipinski definition) is 5. The first-order valence-electron chi connectivity index (χ1n) is 5.76. The molecule has 2 N–H and O–H groups in total. The summed E-state index contributed by atoms with van der Waals surface area (Å²) in [6.07, 6.45) is 1.10. The number of nitrogens with zero attached hydrogens (tertiary/aromatic N) is 1. The fourth-order valence-corrected chi connectivity index (χ4v) is 2.65. The van der Waals surface area contributed by atoms with E-state index < -0.39 is 15.6 Å². The molecule has 2 rings (SSSR count). The topological polar surface area (TPSA) is 112 Å². The van der Waals surface area contributed by atoms with Crippen molar-refractivity contribution in [3.63, 3.8) is 0 Å². The Morgan fingerprint density at radius 1 is 1.29 bits per heavy atom. The number of nitriles is 1. The zero-order valence-electron chi connectivity index (χ0n) is 11.0. The van der Waals surface area contributed by atoms with Crippen LogP contribution in [0, 0.1) is 11.3 Å². The zero-order chi connectivity index (χ0) is 15.5. The number of aromatic nitrogens is 1. The average Bonchev–Trinajstić information content (AvgIpc) is 2.47. The van der Waals surface area contributed by atoms with E-state index in [1.165, 1.54) is 31.4 Å². The number of ether oxygens (including phenoxy) is 1. The molecule has 0 radical (unpaired) electrons. The molecule has 0 amide bonds. The Morgan fingerprint density at radius 3 is 2.62 bits per heavy atom. The molecule has 0 aliphatic heterocycles. The van der Waals surface area contributed by atoms with E-state index in [0.29, 0.717) is 5.56 Å². The summed E-state index contributed by atoms with van der Waals surface area (Å²) in [5, 5.41) is 8.81. The van der Waals surface area contributed by atoms with Crippen LogP contribution in [0.3, 0.4) is 0 Å². The van der Waals surface area contributed by atoms with Gasteiger partial charge in [0.15, 0.2) is 0 Å². The minimum atomic E-state index is -3.87. The van der Waals surface area contributed by atoms with Crippen LogP contribution in [-0.4, -0.2) is 20.5 Å². The molecule has 2 aromatic rings. The van der Waals surface area contributed by atoms with Gasteiger partial charge in [0.1, 0.15) is 10.6 Å². The molecule has 7 nitrogen and oxygen atoms in total. The van der Waals surface area contributed by atoms with Gasteiger partial charge in [-0.1, -0.05) is 0 Å². The van der Waals surface area contributed by atoms with Crippen LogP contribution in [0.15, 0.2) is 46.2 Å². The van der Waals surface area contributed by atoms with Gasteiger partial charge >= 0.3 is 0 Å². The van der Waals surface area contributed by atoms with Gasteiger partial charge in [-0.25, -0.2) is 8.42 Å². The average molecular weight is 305 g/mol. The molecule has 0 aliphatic rings. The number of benzene rings is 1. The van der Waals surface area contributed by atoms with Gasteiger partial charge < -0.3 is 9.72 Å². The molecule has 1 aromatic carbocycles. The molecule has 0 aliphatic carbocycles. The van der Waals surface area contributed by atoms with Crippen molar-refractivity contribution in [1.29, 1.82) is 5.26 Å². The normalized spacial score (nSPS) is 10.7. The molecule has 0 fully saturated rings. The Morgan fingerprint density at radius 2 is 2.05 bits per heavy atom. The highest BCUT2D eigenvalue weighted by molar-refractivity contribution is 7.92. The van der Waals surface area contributed by atoms with Crippen molar-refractivity contribution in [3.8, 4) is 11.8 Å². The van der Waals surface area contributed by atoms with Crippen LogP contribution >= 0.6 is 0 Å². The molecule has 0 bridgehead atoms. The number of aromatic amines is 1. The van der Waals surface area contributed by atoms with Gasteiger partial charge in [-0.15, -0.1) is 0 Å². The molecular weight excluding hydrogens is 294 g/mol. The first kappa shape index (κ1) is 14.6. The van der Waals surface area contributed by atoms with E-state index in [1.54, 1.807) is 0 Å². The van der Waals surface area contributed by atoms with Gasteiger partial charge in [0.05, 0.1) is 24.4 Å². The highest BCUT2D eigenvalue weighted by Crippen LogP contribution is 2.27. The van der Waals surface area contributed by atoms with E-state index in [0.717, 1.165) is 12.3 Å². The van der Waals surface area contributed by atoms with Crippen LogP contribution in [0.1, 0.15) is 5.56 Å². The third kappa shape index (κ3) is 3.21.